The predicted molar refractivity (Wildman–Crippen MR) is 49.1 cm³/mol. The molecule has 0 unspecified atom stereocenters. The summed E-state index contributed by atoms with van der Waals surface area (Å²) in [7, 11) is 1.82. The van der Waals surface area contributed by atoms with Gasteiger partial charge in [-0.15, -0.1) is 0 Å². The molecular formula is C7H16N2S. The van der Waals surface area contributed by atoms with Crippen molar-refractivity contribution in [2.45, 2.75) is 20.8 Å². The van der Waals surface area contributed by atoms with Gasteiger partial charge in [-0.2, -0.15) is 0 Å². The Morgan fingerprint density at radius 2 is 1.90 bits per heavy atom. The zero-order chi connectivity index (χ0) is 8.20. The van der Waals surface area contributed by atoms with E-state index in [1.54, 1.807) is 0 Å². The molecule has 0 rings (SSSR count). The van der Waals surface area contributed by atoms with Gasteiger partial charge in [-0.05, 0) is 17.6 Å². The Kier molecular flexibility index (Phi) is 3.64. The van der Waals surface area contributed by atoms with Crippen molar-refractivity contribution in [3.8, 4) is 0 Å². The molecule has 0 bridgehead atoms. The molecule has 60 valence electrons. The molecule has 0 atom stereocenters. The van der Waals surface area contributed by atoms with Gasteiger partial charge in [0.15, 0.2) is 5.11 Å². The minimum atomic E-state index is 0.293. The van der Waals surface area contributed by atoms with Crippen LogP contribution in [0.4, 0.5) is 0 Å². The first kappa shape index (κ1) is 9.69. The second-order valence-corrected chi connectivity index (χ2v) is 3.90. The van der Waals surface area contributed by atoms with Crippen LogP contribution in [0, 0.1) is 5.41 Å². The van der Waals surface area contributed by atoms with Gasteiger partial charge in [0.25, 0.3) is 0 Å². The lowest BCUT2D eigenvalue weighted by Gasteiger charge is -2.19. The van der Waals surface area contributed by atoms with Crippen LogP contribution in [0.5, 0.6) is 0 Å². The van der Waals surface area contributed by atoms with Gasteiger partial charge in [0.05, 0.1) is 0 Å². The van der Waals surface area contributed by atoms with Gasteiger partial charge in [0, 0.05) is 13.6 Å². The molecule has 2 N–H and O–H groups in total. The highest BCUT2D eigenvalue weighted by Gasteiger charge is 2.09. The zero-order valence-corrected chi connectivity index (χ0v) is 7.93. The summed E-state index contributed by atoms with van der Waals surface area (Å²) < 4.78 is 0. The number of rotatable bonds is 1. The molecule has 0 aromatic heterocycles. The van der Waals surface area contributed by atoms with Crippen LogP contribution >= 0.6 is 12.2 Å². The Bertz CT molecular complexity index is 115. The molecular weight excluding hydrogens is 144 g/mol. The summed E-state index contributed by atoms with van der Waals surface area (Å²) in [5.41, 5.74) is 0.293. The van der Waals surface area contributed by atoms with Crippen molar-refractivity contribution in [3.63, 3.8) is 0 Å². The molecule has 3 heteroatoms. The van der Waals surface area contributed by atoms with Crippen molar-refractivity contribution in [2.75, 3.05) is 13.6 Å². The van der Waals surface area contributed by atoms with Crippen molar-refractivity contribution in [2.24, 2.45) is 5.41 Å². The minimum Gasteiger partial charge on any atom is -0.366 e. The Morgan fingerprint density at radius 3 is 2.20 bits per heavy atom. The van der Waals surface area contributed by atoms with Gasteiger partial charge in [-0.1, -0.05) is 20.8 Å². The molecule has 0 saturated carbocycles. The highest BCUT2D eigenvalue weighted by molar-refractivity contribution is 7.80. The van der Waals surface area contributed by atoms with Crippen molar-refractivity contribution < 1.29 is 0 Å². The Balaban J connectivity index is 3.46. The largest absolute Gasteiger partial charge is 0.366 e. The molecule has 0 radical (unpaired) electrons. The molecule has 0 saturated heterocycles. The Hall–Kier alpha value is -0.310. The summed E-state index contributed by atoms with van der Waals surface area (Å²) in [6, 6.07) is 0. The van der Waals surface area contributed by atoms with Gasteiger partial charge in [0.1, 0.15) is 0 Å². The summed E-state index contributed by atoms with van der Waals surface area (Å²) in [5.74, 6) is 0. The predicted octanol–water partition coefficient (Wildman–Crippen LogP) is 1.13. The maximum Gasteiger partial charge on any atom is 0.166 e. The van der Waals surface area contributed by atoms with Crippen LogP contribution in [0.1, 0.15) is 20.8 Å². The lowest BCUT2D eigenvalue weighted by Crippen LogP contribution is -2.37. The van der Waals surface area contributed by atoms with Crippen molar-refractivity contribution >= 4 is 17.3 Å². The van der Waals surface area contributed by atoms with E-state index < -0.39 is 0 Å². The van der Waals surface area contributed by atoms with E-state index in [2.05, 4.69) is 31.4 Å². The van der Waals surface area contributed by atoms with Crippen molar-refractivity contribution in [1.29, 1.82) is 0 Å². The third-order valence-electron chi connectivity index (χ3n) is 1.01. The van der Waals surface area contributed by atoms with Crippen LogP contribution in [-0.2, 0) is 0 Å². The molecule has 0 heterocycles. The van der Waals surface area contributed by atoms with Crippen LogP contribution in [0.3, 0.4) is 0 Å². The molecule has 0 aliphatic rings. The number of nitrogens with one attached hydrogen (secondary N) is 2. The maximum atomic E-state index is 4.90. The standard InChI is InChI=1S/C7H16N2S/c1-7(2,3)5-9-6(10)8-4/h5H2,1-4H3,(H2,8,9,10). The SMILES string of the molecule is CNC(=S)NCC(C)(C)C. The fraction of sp³-hybridized carbons (Fsp3) is 0.857. The second-order valence-electron chi connectivity index (χ2n) is 3.49. The van der Waals surface area contributed by atoms with E-state index in [0.717, 1.165) is 11.7 Å². The van der Waals surface area contributed by atoms with Gasteiger partial charge < -0.3 is 10.6 Å². The van der Waals surface area contributed by atoms with E-state index in [9.17, 15) is 0 Å². The monoisotopic (exact) mass is 160 g/mol. The Labute approximate surface area is 68.4 Å². The lowest BCUT2D eigenvalue weighted by molar-refractivity contribution is 0.408. The summed E-state index contributed by atoms with van der Waals surface area (Å²) >= 11 is 4.90. The van der Waals surface area contributed by atoms with Gasteiger partial charge in [-0.25, -0.2) is 0 Å². The average molecular weight is 160 g/mol. The quantitative estimate of drug-likeness (QED) is 0.562. The normalized spacial score (nSPS) is 10.8. The van der Waals surface area contributed by atoms with E-state index in [4.69, 9.17) is 12.2 Å². The highest BCUT2D eigenvalue weighted by Crippen LogP contribution is 2.09. The van der Waals surface area contributed by atoms with E-state index in [0.29, 0.717) is 5.41 Å². The highest BCUT2D eigenvalue weighted by atomic mass is 32.1. The van der Waals surface area contributed by atoms with E-state index >= 15 is 0 Å². The minimum absolute atomic E-state index is 0.293. The average Bonchev–Trinajstić information content (AvgIpc) is 1.81. The molecule has 0 aromatic carbocycles. The Morgan fingerprint density at radius 1 is 1.40 bits per heavy atom. The van der Waals surface area contributed by atoms with Crippen molar-refractivity contribution in [3.05, 3.63) is 0 Å². The van der Waals surface area contributed by atoms with E-state index in [1.807, 2.05) is 7.05 Å². The number of hydrogen-bond acceptors (Lipinski definition) is 1. The first-order valence-electron chi connectivity index (χ1n) is 3.41. The fourth-order valence-corrected chi connectivity index (χ4v) is 0.506. The molecule has 2 nitrogen and oxygen atoms in total. The van der Waals surface area contributed by atoms with Crippen LogP contribution in [-0.4, -0.2) is 18.7 Å². The summed E-state index contributed by atoms with van der Waals surface area (Å²) in [6.07, 6.45) is 0. The first-order valence-corrected chi connectivity index (χ1v) is 3.82. The topological polar surface area (TPSA) is 24.1 Å². The van der Waals surface area contributed by atoms with Crippen LogP contribution < -0.4 is 10.6 Å². The van der Waals surface area contributed by atoms with E-state index in [1.165, 1.54) is 0 Å². The second kappa shape index (κ2) is 3.76. The fourth-order valence-electron chi connectivity index (χ4n) is 0.434. The van der Waals surface area contributed by atoms with Crippen LogP contribution in [0.2, 0.25) is 0 Å². The molecule has 0 amide bonds. The van der Waals surface area contributed by atoms with Crippen molar-refractivity contribution in [1.82, 2.24) is 10.6 Å². The summed E-state index contributed by atoms with van der Waals surface area (Å²) in [6.45, 7) is 7.40. The van der Waals surface area contributed by atoms with Gasteiger partial charge in [-0.3, -0.25) is 0 Å². The zero-order valence-electron chi connectivity index (χ0n) is 7.12. The smallest absolute Gasteiger partial charge is 0.166 e. The molecule has 0 fully saturated rings. The molecule has 0 aliphatic carbocycles. The molecule has 10 heavy (non-hydrogen) atoms. The summed E-state index contributed by atoms with van der Waals surface area (Å²) in [4.78, 5) is 0. The van der Waals surface area contributed by atoms with Crippen LogP contribution in [0.25, 0.3) is 0 Å². The van der Waals surface area contributed by atoms with Gasteiger partial charge >= 0.3 is 0 Å². The maximum absolute atomic E-state index is 4.90. The summed E-state index contributed by atoms with van der Waals surface area (Å²) in [5, 5.41) is 6.67. The molecule has 0 aromatic rings. The lowest BCUT2D eigenvalue weighted by atomic mass is 9.97. The van der Waals surface area contributed by atoms with E-state index in [-0.39, 0.29) is 0 Å². The first-order chi connectivity index (χ1) is 4.45. The van der Waals surface area contributed by atoms with Gasteiger partial charge in [0.2, 0.25) is 0 Å². The molecule has 0 spiro atoms. The third kappa shape index (κ3) is 5.82. The van der Waals surface area contributed by atoms with Crippen LogP contribution in [0.15, 0.2) is 0 Å². The number of hydrogen-bond donors (Lipinski definition) is 2. The number of thiocarbonyl (C=S) groups is 1. The molecule has 0 aliphatic heterocycles. The third-order valence-corrected chi connectivity index (χ3v) is 1.35.